The van der Waals surface area contributed by atoms with Crippen molar-refractivity contribution in [2.75, 3.05) is 23.7 Å². The van der Waals surface area contributed by atoms with Gasteiger partial charge in [-0.05, 0) is 92.4 Å². The van der Waals surface area contributed by atoms with Gasteiger partial charge in [0.05, 0.1) is 0 Å². The number of anilines is 4. The molecule has 2 aromatic carbocycles. The largest absolute Gasteiger partial charge is 0.340 e. The van der Waals surface area contributed by atoms with Crippen LogP contribution in [-0.2, 0) is 6.54 Å². The number of likely N-dealkylation sites (tertiary alicyclic amines) is 1. The molecule has 8 nitrogen and oxygen atoms in total. The Bertz CT molecular complexity index is 1440. The van der Waals surface area contributed by atoms with Crippen molar-refractivity contribution in [1.29, 1.82) is 0 Å². The standard InChI is InChI=1S/C30H32FN7O/c1-20-18-26(9-10-27(20)31)35-28-11-15-33-30(37-28)36-25-7-5-22(6-8-25)29(39)38-16-12-24(13-17-38)34-19-23-4-3-14-32-21(23)2/h3-11,14-15,18,24,34H,12-13,16-17,19H2,1-2H3,(H2,33,35,36,37). The first-order valence-corrected chi connectivity index (χ1v) is 13.1. The minimum Gasteiger partial charge on any atom is -0.340 e. The SMILES string of the molecule is Cc1cc(Nc2ccnc(Nc3ccc(C(=O)N4CCC(NCc5cccnc5C)CC4)cc3)n2)ccc1F. The fraction of sp³-hybridized carbons (Fsp3) is 0.267. The summed E-state index contributed by atoms with van der Waals surface area (Å²) in [4.78, 5) is 28.1. The molecule has 0 saturated carbocycles. The number of hydrogen-bond donors (Lipinski definition) is 3. The van der Waals surface area contributed by atoms with Gasteiger partial charge in [0, 0.05) is 60.7 Å². The zero-order chi connectivity index (χ0) is 27.2. The Morgan fingerprint density at radius 3 is 2.46 bits per heavy atom. The van der Waals surface area contributed by atoms with E-state index >= 15 is 0 Å². The summed E-state index contributed by atoms with van der Waals surface area (Å²) < 4.78 is 13.5. The van der Waals surface area contributed by atoms with Crippen LogP contribution in [-0.4, -0.2) is 44.9 Å². The molecule has 39 heavy (non-hydrogen) atoms. The summed E-state index contributed by atoms with van der Waals surface area (Å²) in [6, 6.07) is 18.3. The first kappa shape index (κ1) is 26.2. The normalized spacial score (nSPS) is 13.8. The van der Waals surface area contributed by atoms with E-state index in [1.165, 1.54) is 11.6 Å². The molecular weight excluding hydrogens is 493 g/mol. The lowest BCUT2D eigenvalue weighted by molar-refractivity contribution is 0.0704. The van der Waals surface area contributed by atoms with Crippen LogP contribution < -0.4 is 16.0 Å². The number of pyridine rings is 1. The second-order valence-electron chi connectivity index (χ2n) is 9.75. The molecule has 3 N–H and O–H groups in total. The average molecular weight is 526 g/mol. The highest BCUT2D eigenvalue weighted by Crippen LogP contribution is 2.21. The zero-order valence-corrected chi connectivity index (χ0v) is 22.1. The predicted octanol–water partition coefficient (Wildman–Crippen LogP) is 5.51. The molecule has 1 aliphatic rings. The molecule has 0 unspecified atom stereocenters. The Hall–Kier alpha value is -4.37. The van der Waals surface area contributed by atoms with Gasteiger partial charge in [-0.3, -0.25) is 9.78 Å². The van der Waals surface area contributed by atoms with Gasteiger partial charge in [-0.2, -0.15) is 4.98 Å². The Kier molecular flexibility index (Phi) is 8.07. The number of carbonyl (C=O) groups is 1. The van der Waals surface area contributed by atoms with Gasteiger partial charge < -0.3 is 20.9 Å². The van der Waals surface area contributed by atoms with E-state index < -0.39 is 0 Å². The van der Waals surface area contributed by atoms with E-state index in [0.29, 0.717) is 28.9 Å². The number of nitrogens with one attached hydrogen (secondary N) is 3. The molecule has 0 bridgehead atoms. The van der Waals surface area contributed by atoms with E-state index in [4.69, 9.17) is 0 Å². The highest BCUT2D eigenvalue weighted by atomic mass is 19.1. The molecule has 1 saturated heterocycles. The van der Waals surface area contributed by atoms with Crippen LogP contribution in [0.15, 0.2) is 73.1 Å². The number of carbonyl (C=O) groups excluding carboxylic acids is 1. The van der Waals surface area contributed by atoms with E-state index in [0.717, 1.165) is 49.5 Å². The van der Waals surface area contributed by atoms with Gasteiger partial charge in [-0.1, -0.05) is 6.07 Å². The molecule has 0 spiro atoms. The van der Waals surface area contributed by atoms with E-state index in [1.807, 2.05) is 48.4 Å². The first-order valence-electron chi connectivity index (χ1n) is 13.1. The number of piperidine rings is 1. The Morgan fingerprint density at radius 2 is 1.72 bits per heavy atom. The number of halogens is 1. The van der Waals surface area contributed by atoms with Crippen molar-refractivity contribution < 1.29 is 9.18 Å². The van der Waals surface area contributed by atoms with E-state index in [2.05, 4.69) is 37.0 Å². The highest BCUT2D eigenvalue weighted by Gasteiger charge is 2.23. The number of aromatic nitrogens is 3. The van der Waals surface area contributed by atoms with Crippen molar-refractivity contribution in [2.45, 2.75) is 39.3 Å². The van der Waals surface area contributed by atoms with Gasteiger partial charge >= 0.3 is 0 Å². The molecule has 0 radical (unpaired) electrons. The third-order valence-electron chi connectivity index (χ3n) is 6.95. The smallest absolute Gasteiger partial charge is 0.253 e. The summed E-state index contributed by atoms with van der Waals surface area (Å²) in [6.07, 6.45) is 5.29. The van der Waals surface area contributed by atoms with Crippen molar-refractivity contribution in [1.82, 2.24) is 25.2 Å². The minimum atomic E-state index is -0.249. The summed E-state index contributed by atoms with van der Waals surface area (Å²) in [5.74, 6) is 0.786. The van der Waals surface area contributed by atoms with Crippen molar-refractivity contribution in [3.05, 3.63) is 101 Å². The highest BCUT2D eigenvalue weighted by molar-refractivity contribution is 5.94. The number of hydrogen-bond acceptors (Lipinski definition) is 7. The predicted molar refractivity (Wildman–Crippen MR) is 151 cm³/mol. The molecule has 1 amide bonds. The fourth-order valence-electron chi connectivity index (χ4n) is 4.61. The molecule has 200 valence electrons. The van der Waals surface area contributed by atoms with Crippen LogP contribution in [0.4, 0.5) is 27.5 Å². The van der Waals surface area contributed by atoms with Crippen LogP contribution >= 0.6 is 0 Å². The van der Waals surface area contributed by atoms with E-state index in [1.54, 1.807) is 31.3 Å². The lowest BCUT2D eigenvalue weighted by Gasteiger charge is -2.32. The summed E-state index contributed by atoms with van der Waals surface area (Å²) in [5.41, 5.74) is 4.98. The second kappa shape index (κ2) is 12.0. The van der Waals surface area contributed by atoms with Crippen LogP contribution in [0, 0.1) is 19.7 Å². The van der Waals surface area contributed by atoms with Gasteiger partial charge in [0.25, 0.3) is 5.91 Å². The Morgan fingerprint density at radius 1 is 0.949 bits per heavy atom. The number of nitrogens with zero attached hydrogens (tertiary/aromatic N) is 4. The molecule has 1 aliphatic heterocycles. The molecule has 0 aliphatic carbocycles. The van der Waals surface area contributed by atoms with Crippen LogP contribution in [0.5, 0.6) is 0 Å². The molecule has 3 heterocycles. The van der Waals surface area contributed by atoms with Crippen molar-refractivity contribution >= 4 is 29.0 Å². The molecule has 0 atom stereocenters. The van der Waals surface area contributed by atoms with Crippen molar-refractivity contribution in [2.24, 2.45) is 0 Å². The Labute approximate surface area is 227 Å². The quantitative estimate of drug-likeness (QED) is 0.279. The topological polar surface area (TPSA) is 95.1 Å². The van der Waals surface area contributed by atoms with E-state index in [9.17, 15) is 9.18 Å². The lowest BCUT2D eigenvalue weighted by Crippen LogP contribution is -2.44. The summed E-state index contributed by atoms with van der Waals surface area (Å²) in [6.45, 7) is 5.99. The maximum atomic E-state index is 13.5. The van der Waals surface area contributed by atoms with Crippen LogP contribution in [0.1, 0.15) is 40.0 Å². The number of amides is 1. The van der Waals surface area contributed by atoms with E-state index in [-0.39, 0.29) is 11.7 Å². The molecule has 2 aromatic heterocycles. The lowest BCUT2D eigenvalue weighted by atomic mass is 10.0. The van der Waals surface area contributed by atoms with Crippen LogP contribution in [0.25, 0.3) is 0 Å². The maximum Gasteiger partial charge on any atom is 0.253 e. The third-order valence-corrected chi connectivity index (χ3v) is 6.95. The zero-order valence-electron chi connectivity index (χ0n) is 22.1. The molecular formula is C30H32FN7O. The molecule has 5 rings (SSSR count). The maximum absolute atomic E-state index is 13.5. The average Bonchev–Trinajstić information content (AvgIpc) is 2.95. The summed E-state index contributed by atoms with van der Waals surface area (Å²) in [7, 11) is 0. The van der Waals surface area contributed by atoms with Gasteiger partial charge in [0.2, 0.25) is 5.95 Å². The molecule has 9 heteroatoms. The van der Waals surface area contributed by atoms with Crippen molar-refractivity contribution in [3.8, 4) is 0 Å². The summed E-state index contributed by atoms with van der Waals surface area (Å²) in [5, 5.41) is 9.95. The van der Waals surface area contributed by atoms with Gasteiger partial charge in [-0.25, -0.2) is 9.37 Å². The third kappa shape index (κ3) is 6.74. The second-order valence-corrected chi connectivity index (χ2v) is 9.75. The molecule has 1 fully saturated rings. The Balaban J connectivity index is 1.13. The van der Waals surface area contributed by atoms with Gasteiger partial charge in [0.1, 0.15) is 11.6 Å². The number of benzene rings is 2. The van der Waals surface area contributed by atoms with Crippen LogP contribution in [0.3, 0.4) is 0 Å². The van der Waals surface area contributed by atoms with Gasteiger partial charge in [-0.15, -0.1) is 0 Å². The van der Waals surface area contributed by atoms with Gasteiger partial charge in [0.15, 0.2) is 0 Å². The van der Waals surface area contributed by atoms with Crippen molar-refractivity contribution in [3.63, 3.8) is 0 Å². The summed E-state index contributed by atoms with van der Waals surface area (Å²) >= 11 is 0. The minimum absolute atomic E-state index is 0.0418. The first-order chi connectivity index (χ1) is 18.9. The molecule has 4 aromatic rings. The fourth-order valence-corrected chi connectivity index (χ4v) is 4.61. The number of aryl methyl sites for hydroxylation is 2. The number of rotatable bonds is 8. The monoisotopic (exact) mass is 525 g/mol. The van der Waals surface area contributed by atoms with Crippen LogP contribution in [0.2, 0.25) is 0 Å².